The van der Waals surface area contributed by atoms with Gasteiger partial charge in [-0.3, -0.25) is 19.9 Å². The number of nitrogens with one attached hydrogen (secondary N) is 1. The second-order valence-electron chi connectivity index (χ2n) is 6.65. The van der Waals surface area contributed by atoms with Crippen molar-refractivity contribution < 1.29 is 9.32 Å². The van der Waals surface area contributed by atoms with E-state index in [2.05, 4.69) is 44.6 Å². The number of rotatable bonds is 6. The third kappa shape index (κ3) is 5.03. The predicted molar refractivity (Wildman–Crippen MR) is 103 cm³/mol. The SMILES string of the molecule is Cc1cc(NC(=O)C(C)N2CCN(C/C=C/c3ccccc3)CC2)on1. The van der Waals surface area contributed by atoms with Crippen molar-refractivity contribution in [2.75, 3.05) is 38.0 Å². The molecule has 0 bridgehead atoms. The average Bonchev–Trinajstić information content (AvgIpc) is 3.07. The molecule has 1 N–H and O–H groups in total. The predicted octanol–water partition coefficient (Wildman–Crippen LogP) is 2.64. The summed E-state index contributed by atoms with van der Waals surface area (Å²) in [4.78, 5) is 17.0. The van der Waals surface area contributed by atoms with Crippen molar-refractivity contribution in [3.8, 4) is 0 Å². The topological polar surface area (TPSA) is 61.6 Å². The minimum atomic E-state index is -0.192. The van der Waals surface area contributed by atoms with Crippen LogP contribution in [-0.2, 0) is 4.79 Å². The molecule has 1 saturated heterocycles. The standard InChI is InChI=1S/C20H26N4O2/c1-16-15-19(26-22-16)21-20(25)17(2)24-13-11-23(12-14-24)10-6-9-18-7-4-3-5-8-18/h3-9,15,17H,10-14H2,1-2H3,(H,21,25)/b9-6+. The van der Waals surface area contributed by atoms with E-state index in [9.17, 15) is 4.79 Å². The van der Waals surface area contributed by atoms with Crippen LogP contribution in [0.5, 0.6) is 0 Å². The van der Waals surface area contributed by atoms with E-state index in [4.69, 9.17) is 4.52 Å². The first kappa shape index (κ1) is 18.4. The van der Waals surface area contributed by atoms with Gasteiger partial charge in [-0.05, 0) is 19.4 Å². The monoisotopic (exact) mass is 354 g/mol. The highest BCUT2D eigenvalue weighted by Gasteiger charge is 2.25. The quantitative estimate of drug-likeness (QED) is 0.864. The van der Waals surface area contributed by atoms with Gasteiger partial charge in [0.2, 0.25) is 11.8 Å². The van der Waals surface area contributed by atoms with E-state index in [1.54, 1.807) is 6.07 Å². The highest BCUT2D eigenvalue weighted by molar-refractivity contribution is 5.93. The highest BCUT2D eigenvalue weighted by Crippen LogP contribution is 2.12. The molecule has 138 valence electrons. The van der Waals surface area contributed by atoms with E-state index in [0.29, 0.717) is 5.88 Å². The summed E-state index contributed by atoms with van der Waals surface area (Å²) in [5, 5.41) is 6.57. The van der Waals surface area contributed by atoms with E-state index >= 15 is 0 Å². The number of aryl methyl sites for hydroxylation is 1. The molecular formula is C20H26N4O2. The Hall–Kier alpha value is -2.44. The molecule has 1 aromatic heterocycles. The molecule has 1 unspecified atom stereocenters. The van der Waals surface area contributed by atoms with Crippen LogP contribution < -0.4 is 5.32 Å². The summed E-state index contributed by atoms with van der Waals surface area (Å²) >= 11 is 0. The van der Waals surface area contributed by atoms with Gasteiger partial charge in [0.1, 0.15) is 0 Å². The maximum absolute atomic E-state index is 12.4. The molecule has 0 aliphatic carbocycles. The molecule has 6 heteroatoms. The van der Waals surface area contributed by atoms with Crippen LogP contribution in [-0.4, -0.2) is 59.6 Å². The average molecular weight is 354 g/mol. The minimum absolute atomic E-state index is 0.0569. The van der Waals surface area contributed by atoms with Crippen LogP contribution in [0.15, 0.2) is 47.0 Å². The Labute approximate surface area is 154 Å². The second-order valence-corrected chi connectivity index (χ2v) is 6.65. The van der Waals surface area contributed by atoms with Crippen molar-refractivity contribution in [3.63, 3.8) is 0 Å². The smallest absolute Gasteiger partial charge is 0.243 e. The molecule has 1 atom stereocenters. The van der Waals surface area contributed by atoms with Crippen LogP contribution in [0.4, 0.5) is 5.88 Å². The van der Waals surface area contributed by atoms with E-state index in [-0.39, 0.29) is 11.9 Å². The molecule has 1 fully saturated rings. The summed E-state index contributed by atoms with van der Waals surface area (Å²) in [5.41, 5.74) is 1.98. The normalized spacial score (nSPS) is 17.5. The third-order valence-corrected chi connectivity index (χ3v) is 4.68. The Morgan fingerprint density at radius 1 is 1.27 bits per heavy atom. The molecule has 1 aliphatic rings. The molecule has 3 rings (SSSR count). The lowest BCUT2D eigenvalue weighted by molar-refractivity contribution is -0.121. The molecule has 2 heterocycles. The van der Waals surface area contributed by atoms with E-state index in [1.807, 2.05) is 32.0 Å². The Balaban J connectivity index is 1.42. The molecule has 6 nitrogen and oxygen atoms in total. The Bertz CT molecular complexity index is 733. The van der Waals surface area contributed by atoms with E-state index < -0.39 is 0 Å². The van der Waals surface area contributed by atoms with Gasteiger partial charge in [0, 0.05) is 38.8 Å². The number of anilines is 1. The number of hydrogen-bond donors (Lipinski definition) is 1. The first-order valence-corrected chi connectivity index (χ1v) is 9.04. The summed E-state index contributed by atoms with van der Waals surface area (Å²) in [6.45, 7) is 8.36. The molecule has 0 saturated carbocycles. The van der Waals surface area contributed by atoms with Crippen LogP contribution in [0.25, 0.3) is 6.08 Å². The summed E-state index contributed by atoms with van der Waals surface area (Å²) < 4.78 is 5.05. The van der Waals surface area contributed by atoms with Crippen molar-refractivity contribution in [1.82, 2.24) is 15.0 Å². The van der Waals surface area contributed by atoms with Gasteiger partial charge in [-0.1, -0.05) is 47.6 Å². The summed E-state index contributed by atoms with van der Waals surface area (Å²) in [6.07, 6.45) is 4.36. The van der Waals surface area contributed by atoms with Gasteiger partial charge in [0.15, 0.2) is 0 Å². The number of amides is 1. The molecule has 1 aliphatic heterocycles. The van der Waals surface area contributed by atoms with Gasteiger partial charge in [-0.15, -0.1) is 0 Å². The van der Waals surface area contributed by atoms with Crippen molar-refractivity contribution in [3.05, 3.63) is 53.7 Å². The van der Waals surface area contributed by atoms with Crippen LogP contribution in [0.3, 0.4) is 0 Å². The number of piperazine rings is 1. The zero-order valence-electron chi connectivity index (χ0n) is 15.4. The second kappa shape index (κ2) is 8.78. The summed E-state index contributed by atoms with van der Waals surface area (Å²) in [5.74, 6) is 0.350. The molecule has 1 amide bonds. The molecule has 0 radical (unpaired) electrons. The number of benzene rings is 1. The van der Waals surface area contributed by atoms with Gasteiger partial charge in [0.05, 0.1) is 11.7 Å². The van der Waals surface area contributed by atoms with Crippen molar-refractivity contribution in [2.45, 2.75) is 19.9 Å². The van der Waals surface area contributed by atoms with Crippen molar-refractivity contribution in [2.24, 2.45) is 0 Å². The largest absolute Gasteiger partial charge is 0.338 e. The van der Waals surface area contributed by atoms with Gasteiger partial charge < -0.3 is 4.52 Å². The van der Waals surface area contributed by atoms with E-state index in [1.165, 1.54) is 5.56 Å². The zero-order chi connectivity index (χ0) is 18.4. The Morgan fingerprint density at radius 3 is 2.65 bits per heavy atom. The third-order valence-electron chi connectivity index (χ3n) is 4.68. The number of aromatic nitrogens is 1. The number of hydrogen-bond acceptors (Lipinski definition) is 5. The number of carbonyl (C=O) groups is 1. The lowest BCUT2D eigenvalue weighted by atomic mass is 10.2. The van der Waals surface area contributed by atoms with Crippen molar-refractivity contribution >= 4 is 17.9 Å². The molecule has 1 aromatic carbocycles. The molecular weight excluding hydrogens is 328 g/mol. The van der Waals surface area contributed by atoms with Crippen molar-refractivity contribution in [1.29, 1.82) is 0 Å². The number of carbonyl (C=O) groups excluding carboxylic acids is 1. The van der Waals surface area contributed by atoms with Crippen LogP contribution >= 0.6 is 0 Å². The first-order chi connectivity index (χ1) is 12.6. The molecule has 2 aromatic rings. The van der Waals surface area contributed by atoms with Gasteiger partial charge in [0.25, 0.3) is 0 Å². The fourth-order valence-corrected chi connectivity index (χ4v) is 3.05. The highest BCUT2D eigenvalue weighted by atomic mass is 16.5. The lowest BCUT2D eigenvalue weighted by Crippen LogP contribution is -2.52. The molecule has 26 heavy (non-hydrogen) atoms. The fourth-order valence-electron chi connectivity index (χ4n) is 3.05. The zero-order valence-corrected chi connectivity index (χ0v) is 15.4. The maximum atomic E-state index is 12.4. The Kier molecular flexibility index (Phi) is 6.20. The summed E-state index contributed by atoms with van der Waals surface area (Å²) in [7, 11) is 0. The maximum Gasteiger partial charge on any atom is 0.243 e. The molecule has 0 spiro atoms. The van der Waals surface area contributed by atoms with Crippen LogP contribution in [0.2, 0.25) is 0 Å². The van der Waals surface area contributed by atoms with Gasteiger partial charge >= 0.3 is 0 Å². The van der Waals surface area contributed by atoms with Gasteiger partial charge in [-0.2, -0.15) is 0 Å². The summed E-state index contributed by atoms with van der Waals surface area (Å²) in [6, 6.07) is 11.9. The van der Waals surface area contributed by atoms with Gasteiger partial charge in [-0.25, -0.2) is 0 Å². The fraction of sp³-hybridized carbons (Fsp3) is 0.400. The Morgan fingerprint density at radius 2 is 2.00 bits per heavy atom. The first-order valence-electron chi connectivity index (χ1n) is 9.04. The van der Waals surface area contributed by atoms with E-state index in [0.717, 1.165) is 38.4 Å². The lowest BCUT2D eigenvalue weighted by Gasteiger charge is -2.36. The number of nitrogens with zero attached hydrogens (tertiary/aromatic N) is 3. The van der Waals surface area contributed by atoms with Crippen LogP contribution in [0, 0.1) is 6.92 Å². The minimum Gasteiger partial charge on any atom is -0.338 e. The van der Waals surface area contributed by atoms with Crippen LogP contribution in [0.1, 0.15) is 18.2 Å².